The van der Waals surface area contributed by atoms with Gasteiger partial charge in [0.25, 0.3) is 10.1 Å². The molecule has 1 aliphatic heterocycles. The Labute approximate surface area is 219 Å². The van der Waals surface area contributed by atoms with E-state index in [1.807, 2.05) is 32.3 Å². The molecule has 4 heterocycles. The number of fused-ring (bicyclic) bond motifs is 3. The summed E-state index contributed by atoms with van der Waals surface area (Å²) in [5, 5.41) is 0.790. The second kappa shape index (κ2) is 11.2. The average Bonchev–Trinajstić information content (AvgIpc) is 3.05. The van der Waals surface area contributed by atoms with E-state index < -0.39 is 16.1 Å². The summed E-state index contributed by atoms with van der Waals surface area (Å²) < 4.78 is 55.1. The summed E-state index contributed by atoms with van der Waals surface area (Å²) in [6, 6.07) is 8.87. The molecular weight excluding hydrogens is 517 g/mol. The van der Waals surface area contributed by atoms with Crippen molar-refractivity contribution < 1.29 is 26.8 Å². The zero-order valence-corrected chi connectivity index (χ0v) is 22.4. The van der Waals surface area contributed by atoms with E-state index in [1.54, 1.807) is 34.5 Å². The summed E-state index contributed by atoms with van der Waals surface area (Å²) in [5.41, 5.74) is 3.18. The van der Waals surface area contributed by atoms with Gasteiger partial charge in [-0.05, 0) is 44.3 Å². The third kappa shape index (κ3) is 6.18. The molecule has 1 aliphatic rings. The molecule has 5 rings (SSSR count). The third-order valence-electron chi connectivity index (χ3n) is 6.03. The van der Waals surface area contributed by atoms with Crippen molar-refractivity contribution in [3.8, 4) is 17.0 Å². The summed E-state index contributed by atoms with van der Waals surface area (Å²) >= 11 is 0. The molecule has 0 radical (unpaired) electrons. The zero-order chi connectivity index (χ0) is 27.6. The fourth-order valence-electron chi connectivity index (χ4n) is 4.18. The standard InChI is InChI=1S/C24H26FN5O3.CH4O3S/c1-28(2)9-4-10-33-21-8-6-17(23(25)27-21)15-5-7-19-18(11-15)22-20(12-26-19)29(3)24(31)30(22)16-13-32-14-16;1-5(2,3)4/h5-8,11-12,16H,4,9-10,13-14H2,1-3H3;1H3,(H,2,3,4). The minimum absolute atomic E-state index is 0.0159. The topological polar surface area (TPSA) is 129 Å². The Morgan fingerprint density at radius 3 is 2.55 bits per heavy atom. The molecule has 4 aromatic rings. The summed E-state index contributed by atoms with van der Waals surface area (Å²) in [6.07, 6.45) is 3.25. The first-order chi connectivity index (χ1) is 17.9. The van der Waals surface area contributed by atoms with Crippen LogP contribution in [0.4, 0.5) is 4.39 Å². The van der Waals surface area contributed by atoms with Crippen molar-refractivity contribution in [2.24, 2.45) is 7.05 Å². The number of benzene rings is 1. The number of rotatable bonds is 7. The number of aromatic nitrogens is 4. The van der Waals surface area contributed by atoms with Crippen molar-refractivity contribution in [2.45, 2.75) is 12.5 Å². The van der Waals surface area contributed by atoms with Crippen molar-refractivity contribution in [1.29, 1.82) is 0 Å². The van der Waals surface area contributed by atoms with E-state index in [0.29, 0.717) is 37.2 Å². The summed E-state index contributed by atoms with van der Waals surface area (Å²) in [6.45, 7) is 2.35. The normalized spacial score (nSPS) is 14.0. The number of nitrogens with zero attached hydrogens (tertiary/aromatic N) is 5. The SMILES string of the molecule is CN(C)CCCOc1ccc(-c2ccc3ncc4c(c3c2)n(C2COC2)c(=O)n4C)c(F)n1.CS(=O)(=O)O. The maximum absolute atomic E-state index is 14.9. The molecule has 3 aromatic heterocycles. The Kier molecular flexibility index (Phi) is 8.11. The molecule has 0 amide bonds. The highest BCUT2D eigenvalue weighted by Crippen LogP contribution is 2.32. The van der Waals surface area contributed by atoms with E-state index in [-0.39, 0.29) is 17.6 Å². The van der Waals surface area contributed by atoms with Crippen LogP contribution in [0.2, 0.25) is 0 Å². The quantitative estimate of drug-likeness (QED) is 0.211. The predicted molar refractivity (Wildman–Crippen MR) is 142 cm³/mol. The molecule has 0 unspecified atom stereocenters. The first-order valence-corrected chi connectivity index (χ1v) is 13.7. The van der Waals surface area contributed by atoms with E-state index in [4.69, 9.17) is 14.0 Å². The molecule has 0 bridgehead atoms. The van der Waals surface area contributed by atoms with Gasteiger partial charge in [-0.25, -0.2) is 4.79 Å². The Hall–Kier alpha value is -3.39. The minimum Gasteiger partial charge on any atom is -0.478 e. The van der Waals surface area contributed by atoms with Crippen molar-refractivity contribution in [3.05, 3.63) is 53.0 Å². The lowest BCUT2D eigenvalue weighted by Crippen LogP contribution is -2.37. The van der Waals surface area contributed by atoms with Crippen LogP contribution in [0.3, 0.4) is 0 Å². The van der Waals surface area contributed by atoms with Gasteiger partial charge in [-0.1, -0.05) is 6.07 Å². The zero-order valence-electron chi connectivity index (χ0n) is 21.6. The van der Waals surface area contributed by atoms with Gasteiger partial charge in [0.2, 0.25) is 11.8 Å². The number of hydrogen-bond acceptors (Lipinski definition) is 8. The lowest BCUT2D eigenvalue weighted by Gasteiger charge is -2.27. The van der Waals surface area contributed by atoms with E-state index >= 15 is 0 Å². The lowest BCUT2D eigenvalue weighted by molar-refractivity contribution is -0.0230. The van der Waals surface area contributed by atoms with E-state index in [0.717, 1.165) is 34.9 Å². The molecule has 0 saturated carbocycles. The van der Waals surface area contributed by atoms with Gasteiger partial charge in [0.05, 0.1) is 54.9 Å². The second-order valence-corrected chi connectivity index (χ2v) is 10.8. The third-order valence-corrected chi connectivity index (χ3v) is 6.03. The molecule has 204 valence electrons. The molecule has 0 spiro atoms. The second-order valence-electron chi connectivity index (χ2n) is 9.35. The number of halogens is 1. The summed E-state index contributed by atoms with van der Waals surface area (Å²) in [7, 11) is 2.06. The molecule has 1 N–H and O–H groups in total. The smallest absolute Gasteiger partial charge is 0.329 e. The van der Waals surface area contributed by atoms with Gasteiger partial charge in [0.15, 0.2) is 0 Å². The maximum atomic E-state index is 14.9. The van der Waals surface area contributed by atoms with Crippen LogP contribution in [-0.4, -0.2) is 83.7 Å². The number of imidazole rings is 1. The average molecular weight is 548 g/mol. The van der Waals surface area contributed by atoms with Gasteiger partial charge in [-0.15, -0.1) is 0 Å². The highest BCUT2D eigenvalue weighted by Gasteiger charge is 2.27. The van der Waals surface area contributed by atoms with Gasteiger partial charge in [0.1, 0.15) is 0 Å². The molecule has 13 heteroatoms. The van der Waals surface area contributed by atoms with Crippen molar-refractivity contribution in [2.75, 3.05) is 46.7 Å². The van der Waals surface area contributed by atoms with Crippen molar-refractivity contribution >= 4 is 32.1 Å². The van der Waals surface area contributed by atoms with Crippen LogP contribution in [-0.2, 0) is 21.9 Å². The number of pyridine rings is 2. The van der Waals surface area contributed by atoms with Crippen LogP contribution in [0.1, 0.15) is 12.5 Å². The van der Waals surface area contributed by atoms with Gasteiger partial charge >= 0.3 is 5.69 Å². The van der Waals surface area contributed by atoms with Gasteiger partial charge in [-0.3, -0.25) is 18.7 Å². The van der Waals surface area contributed by atoms with E-state index in [9.17, 15) is 17.6 Å². The lowest BCUT2D eigenvalue weighted by atomic mass is 10.0. The first-order valence-electron chi connectivity index (χ1n) is 11.9. The monoisotopic (exact) mass is 547 g/mol. The van der Waals surface area contributed by atoms with Crippen LogP contribution in [0, 0.1) is 5.95 Å². The molecule has 1 aromatic carbocycles. The van der Waals surface area contributed by atoms with Gasteiger partial charge in [0, 0.05) is 30.6 Å². The van der Waals surface area contributed by atoms with Crippen LogP contribution >= 0.6 is 0 Å². The van der Waals surface area contributed by atoms with Crippen LogP contribution in [0.5, 0.6) is 5.88 Å². The predicted octanol–water partition coefficient (Wildman–Crippen LogP) is 2.50. The van der Waals surface area contributed by atoms with Crippen molar-refractivity contribution in [3.63, 3.8) is 0 Å². The van der Waals surface area contributed by atoms with E-state index in [1.165, 1.54) is 0 Å². The Morgan fingerprint density at radius 2 is 1.95 bits per heavy atom. The van der Waals surface area contributed by atoms with Crippen LogP contribution in [0.15, 0.2) is 41.3 Å². The Balaban J connectivity index is 0.000000617. The molecule has 1 fully saturated rings. The number of hydrogen-bond donors (Lipinski definition) is 1. The molecule has 0 atom stereocenters. The van der Waals surface area contributed by atoms with Crippen LogP contribution in [0.25, 0.3) is 33.1 Å². The highest BCUT2D eigenvalue weighted by molar-refractivity contribution is 7.85. The largest absolute Gasteiger partial charge is 0.478 e. The molecular formula is C25H30FN5O6S. The maximum Gasteiger partial charge on any atom is 0.329 e. The molecule has 0 aliphatic carbocycles. The Bertz CT molecular complexity index is 1620. The number of aryl methyl sites for hydroxylation is 1. The fourth-order valence-corrected chi connectivity index (χ4v) is 4.18. The van der Waals surface area contributed by atoms with Gasteiger partial charge < -0.3 is 14.4 Å². The molecule has 11 nitrogen and oxygen atoms in total. The molecule has 1 saturated heterocycles. The van der Waals surface area contributed by atoms with Crippen molar-refractivity contribution in [1.82, 2.24) is 24.0 Å². The van der Waals surface area contributed by atoms with E-state index in [2.05, 4.69) is 14.9 Å². The van der Waals surface area contributed by atoms with Gasteiger partial charge in [-0.2, -0.15) is 17.8 Å². The first kappa shape index (κ1) is 27.6. The summed E-state index contributed by atoms with van der Waals surface area (Å²) in [4.78, 5) is 23.5. The fraction of sp³-hybridized carbons (Fsp3) is 0.400. The summed E-state index contributed by atoms with van der Waals surface area (Å²) in [5.74, 6) is -0.334. The number of ether oxygens (including phenoxy) is 2. The Morgan fingerprint density at radius 1 is 1.24 bits per heavy atom. The minimum atomic E-state index is -3.67. The van der Waals surface area contributed by atoms with Crippen LogP contribution < -0.4 is 10.4 Å². The molecule has 38 heavy (non-hydrogen) atoms. The highest BCUT2D eigenvalue weighted by atomic mass is 32.2.